The second-order valence-corrected chi connectivity index (χ2v) is 8.07. The van der Waals surface area contributed by atoms with Crippen LogP contribution in [-0.4, -0.2) is 42.9 Å². The van der Waals surface area contributed by atoms with E-state index in [4.69, 9.17) is 17.3 Å². The molecule has 4 atom stereocenters. The van der Waals surface area contributed by atoms with Crippen LogP contribution in [0.4, 0.5) is 0 Å². The van der Waals surface area contributed by atoms with Gasteiger partial charge in [0.15, 0.2) is 0 Å². The molecule has 2 aliphatic heterocycles. The molecule has 0 aromatic carbocycles. The van der Waals surface area contributed by atoms with E-state index in [9.17, 15) is 4.21 Å². The van der Waals surface area contributed by atoms with Crippen LogP contribution in [0.5, 0.6) is 0 Å². The summed E-state index contributed by atoms with van der Waals surface area (Å²) in [6, 6.07) is 0. The van der Waals surface area contributed by atoms with Crippen molar-refractivity contribution >= 4 is 40.3 Å². The van der Waals surface area contributed by atoms with Crippen LogP contribution in [0.1, 0.15) is 13.8 Å². The molecular formula is C10H16ClN3OS2. The number of aliphatic imine (C=N–C) groups is 1. The molecule has 0 spiro atoms. The summed E-state index contributed by atoms with van der Waals surface area (Å²) in [5, 5.41) is 2.03. The first-order valence-corrected chi connectivity index (χ1v) is 7.85. The van der Waals surface area contributed by atoms with E-state index < -0.39 is 21.4 Å². The highest BCUT2D eigenvalue weighted by Crippen LogP contribution is 2.46. The highest BCUT2D eigenvalue weighted by atomic mass is 35.5. The third-order valence-corrected chi connectivity index (χ3v) is 6.77. The maximum atomic E-state index is 12.0. The van der Waals surface area contributed by atoms with Gasteiger partial charge in [-0.3, -0.25) is 4.31 Å². The van der Waals surface area contributed by atoms with Gasteiger partial charge in [0, 0.05) is 7.05 Å². The van der Waals surface area contributed by atoms with Crippen molar-refractivity contribution in [2.75, 3.05) is 12.8 Å². The average Bonchev–Trinajstić information content (AvgIpc) is 2.55. The molecular weight excluding hydrogens is 278 g/mol. The van der Waals surface area contributed by atoms with Gasteiger partial charge in [0.05, 0.1) is 21.4 Å². The molecule has 2 rings (SSSR count). The van der Waals surface area contributed by atoms with Gasteiger partial charge in [-0.2, -0.15) is 0 Å². The number of rotatable bonds is 1. The lowest BCUT2D eigenvalue weighted by Crippen LogP contribution is -2.56. The normalized spacial score (nSPS) is 46.1. The lowest BCUT2D eigenvalue weighted by Gasteiger charge is -2.41. The topological polar surface area (TPSA) is 58.7 Å². The molecule has 96 valence electrons. The summed E-state index contributed by atoms with van der Waals surface area (Å²) in [6.07, 6.45) is 1.96. The predicted molar refractivity (Wildman–Crippen MR) is 75.6 cm³/mol. The molecule has 0 aromatic heterocycles. The van der Waals surface area contributed by atoms with Gasteiger partial charge < -0.3 is 5.73 Å². The van der Waals surface area contributed by atoms with Crippen LogP contribution in [0.25, 0.3) is 0 Å². The lowest BCUT2D eigenvalue weighted by atomic mass is 9.90. The first-order chi connectivity index (χ1) is 7.76. The predicted octanol–water partition coefficient (Wildman–Crippen LogP) is 1.30. The van der Waals surface area contributed by atoms with E-state index in [1.165, 1.54) is 4.31 Å². The zero-order valence-corrected chi connectivity index (χ0v) is 12.4. The number of guanidine groups is 1. The van der Waals surface area contributed by atoms with Crippen molar-refractivity contribution in [3.8, 4) is 0 Å². The summed E-state index contributed by atoms with van der Waals surface area (Å²) >= 11 is 8.09. The van der Waals surface area contributed by atoms with Gasteiger partial charge in [-0.05, 0) is 19.3 Å². The Balaban J connectivity index is 2.35. The van der Waals surface area contributed by atoms with Gasteiger partial charge in [-0.25, -0.2) is 9.20 Å². The summed E-state index contributed by atoms with van der Waals surface area (Å²) in [6.45, 7) is 3.92. The molecule has 0 aliphatic carbocycles. The van der Waals surface area contributed by atoms with E-state index >= 15 is 0 Å². The number of allylic oxidation sites excluding steroid dienone is 1. The number of alkyl halides is 1. The zero-order chi connectivity index (χ0) is 12.8. The molecule has 2 N–H and O–H groups in total. The van der Waals surface area contributed by atoms with Crippen molar-refractivity contribution in [3.63, 3.8) is 0 Å². The Labute approximate surface area is 113 Å². The minimum absolute atomic E-state index is 0.0490. The first kappa shape index (κ1) is 13.2. The van der Waals surface area contributed by atoms with Crippen LogP contribution in [0.3, 0.4) is 0 Å². The van der Waals surface area contributed by atoms with Gasteiger partial charge in [0.1, 0.15) is 11.0 Å². The van der Waals surface area contributed by atoms with Crippen molar-refractivity contribution in [3.05, 3.63) is 11.5 Å². The van der Waals surface area contributed by atoms with Crippen LogP contribution in [0.2, 0.25) is 0 Å². The van der Waals surface area contributed by atoms with Crippen molar-refractivity contribution in [1.29, 1.82) is 0 Å². The number of hydrogen-bond donors (Lipinski definition) is 1. The number of hydrogen-bond acceptors (Lipinski definition) is 4. The largest absolute Gasteiger partial charge is 0.369 e. The standard InChI is InChI=1S/C10H16ClN3OS2/c1-9(11)4-5-16-7(9)10(2)6-17(15)14(3)8(12)13-10/h4-5,7H,6H2,1-3H3,(H2,12,13). The van der Waals surface area contributed by atoms with Crippen molar-refractivity contribution < 1.29 is 4.21 Å². The van der Waals surface area contributed by atoms with Crippen molar-refractivity contribution in [2.24, 2.45) is 10.7 Å². The van der Waals surface area contributed by atoms with Gasteiger partial charge in [-0.1, -0.05) is 6.08 Å². The lowest BCUT2D eigenvalue weighted by molar-refractivity contribution is 0.445. The van der Waals surface area contributed by atoms with E-state index in [0.717, 1.165) is 0 Å². The van der Waals surface area contributed by atoms with Gasteiger partial charge in [-0.15, -0.1) is 23.4 Å². The molecule has 0 radical (unpaired) electrons. The second-order valence-electron chi connectivity index (χ2n) is 4.76. The smallest absolute Gasteiger partial charge is 0.203 e. The summed E-state index contributed by atoms with van der Waals surface area (Å²) in [4.78, 5) is 4.04. The second kappa shape index (κ2) is 4.17. The van der Waals surface area contributed by atoms with Gasteiger partial charge >= 0.3 is 0 Å². The zero-order valence-electron chi connectivity index (χ0n) is 10.0. The number of nitrogens with two attached hydrogens (primary N) is 1. The molecule has 0 bridgehead atoms. The van der Waals surface area contributed by atoms with Crippen LogP contribution in [0.15, 0.2) is 16.5 Å². The Morgan fingerprint density at radius 1 is 1.71 bits per heavy atom. The maximum absolute atomic E-state index is 12.0. The molecule has 0 saturated carbocycles. The molecule has 4 nitrogen and oxygen atoms in total. The maximum Gasteiger partial charge on any atom is 0.203 e. The fraction of sp³-hybridized carbons (Fsp3) is 0.700. The minimum Gasteiger partial charge on any atom is -0.369 e. The third kappa shape index (κ3) is 2.22. The summed E-state index contributed by atoms with van der Waals surface area (Å²) < 4.78 is 13.5. The molecule has 2 heterocycles. The Morgan fingerprint density at radius 3 is 2.82 bits per heavy atom. The number of thioether (sulfide) groups is 1. The van der Waals surface area contributed by atoms with E-state index in [0.29, 0.717) is 11.7 Å². The number of halogens is 1. The fourth-order valence-electron chi connectivity index (χ4n) is 2.18. The minimum atomic E-state index is -1.14. The van der Waals surface area contributed by atoms with E-state index in [1.807, 2.05) is 25.3 Å². The molecule has 0 fully saturated rings. The Bertz CT molecular complexity index is 424. The van der Waals surface area contributed by atoms with Crippen LogP contribution < -0.4 is 5.73 Å². The Hall–Kier alpha value is -0.200. The molecule has 0 amide bonds. The number of nitrogens with zero attached hydrogens (tertiary/aromatic N) is 2. The summed E-state index contributed by atoms with van der Waals surface area (Å²) in [5.74, 6) is 0.767. The molecule has 0 aromatic rings. The highest BCUT2D eigenvalue weighted by Gasteiger charge is 2.49. The SMILES string of the molecule is CN1C(N)=NC(C)(C2SC=CC2(C)Cl)CS1=O. The molecule has 7 heteroatoms. The first-order valence-electron chi connectivity index (χ1n) is 5.26. The molecule has 2 aliphatic rings. The van der Waals surface area contributed by atoms with Gasteiger partial charge in [0.25, 0.3) is 0 Å². The quantitative estimate of drug-likeness (QED) is 0.741. The van der Waals surface area contributed by atoms with Gasteiger partial charge in [0.2, 0.25) is 5.96 Å². The Morgan fingerprint density at radius 2 is 2.35 bits per heavy atom. The van der Waals surface area contributed by atoms with Crippen LogP contribution in [-0.2, 0) is 11.0 Å². The van der Waals surface area contributed by atoms with E-state index in [-0.39, 0.29) is 5.25 Å². The fourth-order valence-corrected chi connectivity index (χ4v) is 5.27. The Kier molecular flexibility index (Phi) is 3.25. The molecule has 0 saturated heterocycles. The van der Waals surface area contributed by atoms with E-state index in [2.05, 4.69) is 4.99 Å². The summed E-state index contributed by atoms with van der Waals surface area (Å²) in [5.41, 5.74) is 5.32. The molecule has 17 heavy (non-hydrogen) atoms. The average molecular weight is 294 g/mol. The van der Waals surface area contributed by atoms with Crippen LogP contribution >= 0.6 is 23.4 Å². The van der Waals surface area contributed by atoms with Crippen molar-refractivity contribution in [1.82, 2.24) is 4.31 Å². The van der Waals surface area contributed by atoms with Crippen LogP contribution in [0, 0.1) is 0 Å². The monoisotopic (exact) mass is 293 g/mol. The molecule has 4 unspecified atom stereocenters. The summed E-state index contributed by atoms with van der Waals surface area (Å²) in [7, 11) is 0.553. The van der Waals surface area contributed by atoms with Crippen molar-refractivity contribution in [2.45, 2.75) is 29.5 Å². The van der Waals surface area contributed by atoms with E-state index in [1.54, 1.807) is 18.8 Å². The third-order valence-electron chi connectivity index (χ3n) is 3.10. The highest BCUT2D eigenvalue weighted by molar-refractivity contribution is 8.03.